The zero-order valence-corrected chi connectivity index (χ0v) is 16.4. The van der Waals surface area contributed by atoms with Gasteiger partial charge < -0.3 is 19.1 Å². The first-order chi connectivity index (χ1) is 12.6. The normalized spacial score (nSPS) is 17.8. The first kappa shape index (κ1) is 17.3. The molecule has 4 heterocycles. The number of anilines is 2. The lowest BCUT2D eigenvalue weighted by Gasteiger charge is -2.34. The molecule has 0 bridgehead atoms. The number of piperazine rings is 1. The van der Waals surface area contributed by atoms with Gasteiger partial charge in [0.05, 0.1) is 0 Å². The van der Waals surface area contributed by atoms with Crippen molar-refractivity contribution in [2.75, 3.05) is 49.1 Å². The van der Waals surface area contributed by atoms with E-state index in [1.54, 1.807) is 12.1 Å². The van der Waals surface area contributed by atoms with Crippen LogP contribution < -0.4 is 9.80 Å². The highest BCUT2D eigenvalue weighted by Gasteiger charge is 2.26. The highest BCUT2D eigenvalue weighted by atomic mass is 79.9. The number of aryl methyl sites for hydroxylation is 1. The van der Waals surface area contributed by atoms with Crippen LogP contribution in [-0.4, -0.2) is 60.0 Å². The average molecular weight is 420 g/mol. The number of amides is 1. The Bertz CT molecular complexity index is 795. The molecule has 7 nitrogen and oxygen atoms in total. The molecule has 2 aliphatic heterocycles. The summed E-state index contributed by atoms with van der Waals surface area (Å²) in [5, 5.41) is 0. The molecule has 0 N–H and O–H groups in total. The summed E-state index contributed by atoms with van der Waals surface area (Å²) in [6.07, 6.45) is 2.45. The zero-order chi connectivity index (χ0) is 18.1. The molecule has 0 radical (unpaired) electrons. The number of furan rings is 1. The number of hydrogen-bond donors (Lipinski definition) is 0. The van der Waals surface area contributed by atoms with Crippen molar-refractivity contribution >= 4 is 33.6 Å². The number of halogens is 1. The van der Waals surface area contributed by atoms with Crippen molar-refractivity contribution in [2.45, 2.75) is 19.8 Å². The highest BCUT2D eigenvalue weighted by Crippen LogP contribution is 2.23. The lowest BCUT2D eigenvalue weighted by Crippen LogP contribution is -2.49. The second-order valence-corrected chi connectivity index (χ2v) is 7.53. The third kappa shape index (κ3) is 3.56. The molecule has 26 heavy (non-hydrogen) atoms. The Morgan fingerprint density at radius 3 is 2.42 bits per heavy atom. The minimum atomic E-state index is -0.0710. The van der Waals surface area contributed by atoms with Crippen LogP contribution in [0.4, 0.5) is 11.8 Å². The van der Waals surface area contributed by atoms with E-state index in [1.165, 1.54) is 12.8 Å². The molecule has 1 amide bonds. The number of nitrogens with zero attached hydrogens (tertiary/aromatic N) is 5. The Balaban J connectivity index is 1.43. The number of carbonyl (C=O) groups is 1. The van der Waals surface area contributed by atoms with E-state index in [0.717, 1.165) is 43.6 Å². The van der Waals surface area contributed by atoms with E-state index in [9.17, 15) is 4.79 Å². The molecule has 0 atom stereocenters. The minimum absolute atomic E-state index is 0.0710. The molecule has 0 aliphatic carbocycles. The Hall–Kier alpha value is -2.09. The van der Waals surface area contributed by atoms with Gasteiger partial charge in [0, 0.05) is 51.0 Å². The molecule has 0 aromatic carbocycles. The SMILES string of the molecule is Cc1cc(N2CCCC2)nc(N2CCN(C(=O)c3ccc(Br)o3)CC2)n1. The fourth-order valence-electron chi connectivity index (χ4n) is 3.48. The maximum atomic E-state index is 12.5. The van der Waals surface area contributed by atoms with Crippen LogP contribution in [0.2, 0.25) is 0 Å². The number of carbonyl (C=O) groups excluding carboxylic acids is 1. The fraction of sp³-hybridized carbons (Fsp3) is 0.500. The summed E-state index contributed by atoms with van der Waals surface area (Å²) in [6.45, 7) is 6.85. The second kappa shape index (κ2) is 7.26. The summed E-state index contributed by atoms with van der Waals surface area (Å²) in [5.41, 5.74) is 0.982. The van der Waals surface area contributed by atoms with Gasteiger partial charge in [0.25, 0.3) is 5.91 Å². The van der Waals surface area contributed by atoms with E-state index >= 15 is 0 Å². The zero-order valence-electron chi connectivity index (χ0n) is 14.8. The van der Waals surface area contributed by atoms with Crippen molar-refractivity contribution in [2.24, 2.45) is 0 Å². The van der Waals surface area contributed by atoms with Crippen molar-refractivity contribution in [3.8, 4) is 0 Å². The van der Waals surface area contributed by atoms with E-state index < -0.39 is 0 Å². The third-order valence-electron chi connectivity index (χ3n) is 4.89. The monoisotopic (exact) mass is 419 g/mol. The molecular formula is C18H22BrN5O2. The van der Waals surface area contributed by atoms with Crippen LogP contribution >= 0.6 is 15.9 Å². The lowest BCUT2D eigenvalue weighted by molar-refractivity contribution is 0.0712. The van der Waals surface area contributed by atoms with Crippen LogP contribution in [0.1, 0.15) is 29.1 Å². The molecule has 2 aliphatic rings. The first-order valence-corrected chi connectivity index (χ1v) is 9.80. The van der Waals surface area contributed by atoms with Gasteiger partial charge in [0.2, 0.25) is 5.95 Å². The second-order valence-electron chi connectivity index (χ2n) is 6.74. The summed E-state index contributed by atoms with van der Waals surface area (Å²) in [7, 11) is 0. The van der Waals surface area contributed by atoms with Crippen LogP contribution in [0, 0.1) is 6.92 Å². The van der Waals surface area contributed by atoms with Crippen molar-refractivity contribution in [1.82, 2.24) is 14.9 Å². The average Bonchev–Trinajstić information content (AvgIpc) is 3.32. The number of rotatable bonds is 3. The molecule has 2 saturated heterocycles. The van der Waals surface area contributed by atoms with Gasteiger partial charge >= 0.3 is 0 Å². The Morgan fingerprint density at radius 1 is 1.04 bits per heavy atom. The quantitative estimate of drug-likeness (QED) is 0.761. The van der Waals surface area contributed by atoms with Gasteiger partial charge in [-0.15, -0.1) is 0 Å². The largest absolute Gasteiger partial charge is 0.444 e. The summed E-state index contributed by atoms with van der Waals surface area (Å²) in [4.78, 5) is 28.2. The third-order valence-corrected chi connectivity index (χ3v) is 5.32. The van der Waals surface area contributed by atoms with Gasteiger partial charge in [-0.1, -0.05) is 0 Å². The van der Waals surface area contributed by atoms with E-state index in [-0.39, 0.29) is 5.91 Å². The van der Waals surface area contributed by atoms with Crippen molar-refractivity contribution < 1.29 is 9.21 Å². The minimum Gasteiger partial charge on any atom is -0.444 e. The van der Waals surface area contributed by atoms with Crippen LogP contribution in [0.15, 0.2) is 27.3 Å². The Morgan fingerprint density at radius 2 is 1.77 bits per heavy atom. The Labute approximate surface area is 161 Å². The molecule has 138 valence electrons. The molecule has 2 fully saturated rings. The van der Waals surface area contributed by atoms with Crippen LogP contribution in [0.5, 0.6) is 0 Å². The predicted octanol–water partition coefficient (Wildman–Crippen LogP) is 2.70. The van der Waals surface area contributed by atoms with Crippen molar-refractivity contribution in [3.63, 3.8) is 0 Å². The molecule has 8 heteroatoms. The van der Waals surface area contributed by atoms with Gasteiger partial charge in [-0.25, -0.2) is 4.98 Å². The molecule has 4 rings (SSSR count). The molecule has 0 spiro atoms. The smallest absolute Gasteiger partial charge is 0.289 e. The molecule has 0 unspecified atom stereocenters. The topological polar surface area (TPSA) is 65.7 Å². The molecule has 2 aromatic rings. The van der Waals surface area contributed by atoms with Gasteiger partial charge in [-0.05, 0) is 47.8 Å². The van der Waals surface area contributed by atoms with E-state index in [1.807, 2.05) is 11.8 Å². The first-order valence-electron chi connectivity index (χ1n) is 9.00. The summed E-state index contributed by atoms with van der Waals surface area (Å²) in [6, 6.07) is 5.50. The van der Waals surface area contributed by atoms with Gasteiger partial charge in [-0.3, -0.25) is 4.79 Å². The van der Waals surface area contributed by atoms with Crippen molar-refractivity contribution in [1.29, 1.82) is 0 Å². The van der Waals surface area contributed by atoms with Gasteiger partial charge in [-0.2, -0.15) is 4.98 Å². The summed E-state index contributed by atoms with van der Waals surface area (Å²) >= 11 is 3.24. The fourth-order valence-corrected chi connectivity index (χ4v) is 3.79. The lowest BCUT2D eigenvalue weighted by atomic mass is 10.3. The summed E-state index contributed by atoms with van der Waals surface area (Å²) < 4.78 is 5.95. The van der Waals surface area contributed by atoms with Gasteiger partial charge in [0.15, 0.2) is 10.4 Å². The molecule has 0 saturated carbocycles. The maximum Gasteiger partial charge on any atom is 0.289 e. The number of aromatic nitrogens is 2. The van der Waals surface area contributed by atoms with Crippen LogP contribution in [-0.2, 0) is 0 Å². The summed E-state index contributed by atoms with van der Waals surface area (Å²) in [5.74, 6) is 2.08. The van der Waals surface area contributed by atoms with Gasteiger partial charge in [0.1, 0.15) is 5.82 Å². The molecular weight excluding hydrogens is 398 g/mol. The number of hydrogen-bond acceptors (Lipinski definition) is 6. The van der Waals surface area contributed by atoms with E-state index in [4.69, 9.17) is 9.40 Å². The Kier molecular flexibility index (Phi) is 4.84. The van der Waals surface area contributed by atoms with E-state index in [2.05, 4.69) is 36.8 Å². The van der Waals surface area contributed by atoms with Crippen molar-refractivity contribution in [3.05, 3.63) is 34.3 Å². The predicted molar refractivity (Wildman–Crippen MR) is 103 cm³/mol. The standard InChI is InChI=1S/C18H22BrN5O2/c1-13-12-16(22-6-2-3-7-22)21-18(20-13)24-10-8-23(9-11-24)17(25)14-4-5-15(19)26-14/h4-5,12H,2-3,6-11H2,1H3. The molecule has 2 aromatic heterocycles. The highest BCUT2D eigenvalue weighted by molar-refractivity contribution is 9.10. The van der Waals surface area contributed by atoms with Crippen LogP contribution in [0.25, 0.3) is 0 Å². The maximum absolute atomic E-state index is 12.5. The van der Waals surface area contributed by atoms with Crippen LogP contribution in [0.3, 0.4) is 0 Å². The van der Waals surface area contributed by atoms with E-state index in [0.29, 0.717) is 23.5 Å².